The monoisotopic (exact) mass is 254 g/mol. The number of benzene rings is 1. The summed E-state index contributed by atoms with van der Waals surface area (Å²) < 4.78 is 10.2. The van der Waals surface area contributed by atoms with Crippen LogP contribution in [-0.2, 0) is 4.74 Å². The standard InChI is InChI=1S/C13H15ClO3/c1-9(14)13(2,3)17-12(15)10-5-7-11(16-4)8-6-10/h5-8H,1H2,2-4H3. The Morgan fingerprint density at radius 3 is 2.24 bits per heavy atom. The molecule has 0 spiro atoms. The SMILES string of the molecule is C=C(Cl)C(C)(C)OC(=O)c1ccc(OC)cc1. The van der Waals surface area contributed by atoms with E-state index >= 15 is 0 Å². The molecule has 0 unspecified atom stereocenters. The van der Waals surface area contributed by atoms with Crippen molar-refractivity contribution in [2.75, 3.05) is 7.11 Å². The van der Waals surface area contributed by atoms with E-state index in [1.54, 1.807) is 45.2 Å². The van der Waals surface area contributed by atoms with Gasteiger partial charge < -0.3 is 9.47 Å². The van der Waals surface area contributed by atoms with Crippen LogP contribution in [0, 0.1) is 0 Å². The van der Waals surface area contributed by atoms with Gasteiger partial charge in [-0.25, -0.2) is 4.79 Å². The highest BCUT2D eigenvalue weighted by Crippen LogP contribution is 2.24. The molecule has 0 bridgehead atoms. The van der Waals surface area contributed by atoms with Gasteiger partial charge in [0.05, 0.1) is 17.7 Å². The fraction of sp³-hybridized carbons (Fsp3) is 0.308. The number of hydrogen-bond acceptors (Lipinski definition) is 3. The summed E-state index contributed by atoms with van der Waals surface area (Å²) in [6.45, 7) is 6.94. The molecule has 0 atom stereocenters. The molecular weight excluding hydrogens is 240 g/mol. The zero-order chi connectivity index (χ0) is 13.1. The topological polar surface area (TPSA) is 35.5 Å². The summed E-state index contributed by atoms with van der Waals surface area (Å²) in [6.07, 6.45) is 0. The van der Waals surface area contributed by atoms with E-state index in [1.807, 2.05) is 0 Å². The minimum Gasteiger partial charge on any atom is -0.497 e. The van der Waals surface area contributed by atoms with Crippen LogP contribution in [0.15, 0.2) is 35.9 Å². The van der Waals surface area contributed by atoms with Gasteiger partial charge >= 0.3 is 5.97 Å². The second kappa shape index (κ2) is 5.23. The van der Waals surface area contributed by atoms with Crippen LogP contribution in [0.3, 0.4) is 0 Å². The fourth-order valence-electron chi connectivity index (χ4n) is 1.07. The maximum atomic E-state index is 11.8. The Hall–Kier alpha value is -1.48. The molecule has 0 aromatic heterocycles. The molecule has 0 aliphatic rings. The molecule has 1 aromatic carbocycles. The Bertz CT molecular complexity index is 421. The second-order valence-corrected chi connectivity index (χ2v) is 4.49. The average molecular weight is 255 g/mol. The normalized spacial score (nSPS) is 10.8. The molecule has 0 radical (unpaired) electrons. The Kier molecular flexibility index (Phi) is 4.18. The van der Waals surface area contributed by atoms with E-state index in [4.69, 9.17) is 21.1 Å². The first-order valence-electron chi connectivity index (χ1n) is 5.09. The molecule has 0 amide bonds. The van der Waals surface area contributed by atoms with Crippen LogP contribution in [0.2, 0.25) is 0 Å². The lowest BCUT2D eigenvalue weighted by atomic mass is 10.1. The average Bonchev–Trinajstić information content (AvgIpc) is 2.28. The number of carbonyl (C=O) groups excluding carboxylic acids is 1. The van der Waals surface area contributed by atoms with Crippen LogP contribution in [0.25, 0.3) is 0 Å². The van der Waals surface area contributed by atoms with Gasteiger partial charge in [-0.3, -0.25) is 0 Å². The molecule has 0 N–H and O–H groups in total. The summed E-state index contributed by atoms with van der Waals surface area (Å²) in [4.78, 5) is 11.8. The molecule has 1 rings (SSSR count). The highest BCUT2D eigenvalue weighted by Gasteiger charge is 2.26. The number of rotatable bonds is 4. The smallest absolute Gasteiger partial charge is 0.339 e. The quantitative estimate of drug-likeness (QED) is 0.773. The van der Waals surface area contributed by atoms with Crippen LogP contribution in [0.4, 0.5) is 0 Å². The molecule has 3 nitrogen and oxygen atoms in total. The van der Waals surface area contributed by atoms with Gasteiger partial charge in [0.15, 0.2) is 0 Å². The summed E-state index contributed by atoms with van der Waals surface area (Å²) in [5, 5.41) is 0.277. The number of halogens is 1. The highest BCUT2D eigenvalue weighted by atomic mass is 35.5. The van der Waals surface area contributed by atoms with Crippen LogP contribution in [0.5, 0.6) is 5.75 Å². The Balaban J connectivity index is 2.80. The minimum atomic E-state index is -0.890. The number of esters is 1. The Labute approximate surface area is 106 Å². The van der Waals surface area contributed by atoms with Gasteiger partial charge in [-0.05, 0) is 38.1 Å². The third kappa shape index (κ3) is 3.49. The third-order valence-corrected chi connectivity index (χ3v) is 2.78. The molecular formula is C13H15ClO3. The van der Waals surface area contributed by atoms with Gasteiger partial charge in [0.1, 0.15) is 11.4 Å². The first-order chi connectivity index (χ1) is 7.86. The zero-order valence-corrected chi connectivity index (χ0v) is 10.9. The number of hydrogen-bond donors (Lipinski definition) is 0. The summed E-state index contributed by atoms with van der Waals surface area (Å²) in [6, 6.07) is 6.65. The van der Waals surface area contributed by atoms with Crippen molar-refractivity contribution >= 4 is 17.6 Å². The highest BCUT2D eigenvalue weighted by molar-refractivity contribution is 6.30. The van der Waals surface area contributed by atoms with Crippen molar-refractivity contribution in [1.29, 1.82) is 0 Å². The van der Waals surface area contributed by atoms with E-state index in [9.17, 15) is 4.79 Å². The van der Waals surface area contributed by atoms with E-state index in [2.05, 4.69) is 6.58 Å². The van der Waals surface area contributed by atoms with Crippen LogP contribution < -0.4 is 4.74 Å². The first kappa shape index (κ1) is 13.6. The zero-order valence-electron chi connectivity index (χ0n) is 10.1. The van der Waals surface area contributed by atoms with Crippen LogP contribution in [-0.4, -0.2) is 18.7 Å². The molecule has 17 heavy (non-hydrogen) atoms. The van der Waals surface area contributed by atoms with Crippen molar-refractivity contribution < 1.29 is 14.3 Å². The molecule has 0 saturated heterocycles. The van der Waals surface area contributed by atoms with Crippen molar-refractivity contribution in [2.45, 2.75) is 19.4 Å². The van der Waals surface area contributed by atoms with Gasteiger partial charge in [0.25, 0.3) is 0 Å². The van der Waals surface area contributed by atoms with E-state index in [0.717, 1.165) is 0 Å². The second-order valence-electron chi connectivity index (χ2n) is 4.03. The summed E-state index contributed by atoms with van der Waals surface area (Å²) in [7, 11) is 1.56. The lowest BCUT2D eigenvalue weighted by molar-refractivity contribution is 0.0159. The molecule has 92 valence electrons. The summed E-state index contributed by atoms with van der Waals surface area (Å²) >= 11 is 5.76. The van der Waals surface area contributed by atoms with Crippen LogP contribution >= 0.6 is 11.6 Å². The van der Waals surface area contributed by atoms with Gasteiger partial charge in [0, 0.05) is 0 Å². The van der Waals surface area contributed by atoms with E-state index < -0.39 is 11.6 Å². The van der Waals surface area contributed by atoms with Gasteiger partial charge in [-0.15, -0.1) is 0 Å². The first-order valence-corrected chi connectivity index (χ1v) is 5.47. The maximum absolute atomic E-state index is 11.8. The van der Waals surface area contributed by atoms with Crippen molar-refractivity contribution in [1.82, 2.24) is 0 Å². The van der Waals surface area contributed by atoms with E-state index in [0.29, 0.717) is 11.3 Å². The summed E-state index contributed by atoms with van der Waals surface area (Å²) in [5.74, 6) is 0.238. The molecule has 0 aliphatic heterocycles. The van der Waals surface area contributed by atoms with Gasteiger partial charge in [-0.1, -0.05) is 18.2 Å². The number of methoxy groups -OCH3 is 1. The van der Waals surface area contributed by atoms with Crippen molar-refractivity contribution in [3.8, 4) is 5.75 Å². The molecule has 0 heterocycles. The number of ether oxygens (including phenoxy) is 2. The third-order valence-electron chi connectivity index (χ3n) is 2.33. The van der Waals surface area contributed by atoms with Crippen molar-refractivity contribution in [3.05, 3.63) is 41.4 Å². The molecule has 0 saturated carbocycles. The van der Waals surface area contributed by atoms with Crippen LogP contribution in [0.1, 0.15) is 24.2 Å². The molecule has 4 heteroatoms. The molecule has 0 fully saturated rings. The van der Waals surface area contributed by atoms with Gasteiger partial charge in [0.2, 0.25) is 0 Å². The lowest BCUT2D eigenvalue weighted by Crippen LogP contribution is -2.28. The maximum Gasteiger partial charge on any atom is 0.339 e. The van der Waals surface area contributed by atoms with Gasteiger partial charge in [-0.2, -0.15) is 0 Å². The van der Waals surface area contributed by atoms with E-state index in [-0.39, 0.29) is 5.03 Å². The fourth-order valence-corrected chi connectivity index (χ4v) is 1.11. The van der Waals surface area contributed by atoms with Crippen molar-refractivity contribution in [2.24, 2.45) is 0 Å². The van der Waals surface area contributed by atoms with Crippen molar-refractivity contribution in [3.63, 3.8) is 0 Å². The molecule has 1 aromatic rings. The predicted molar refractivity (Wildman–Crippen MR) is 67.5 cm³/mol. The Morgan fingerprint density at radius 1 is 1.29 bits per heavy atom. The lowest BCUT2D eigenvalue weighted by Gasteiger charge is -2.23. The minimum absolute atomic E-state index is 0.277. The number of carbonyl (C=O) groups is 1. The largest absolute Gasteiger partial charge is 0.497 e. The summed E-state index contributed by atoms with van der Waals surface area (Å²) in [5.41, 5.74) is -0.449. The predicted octanol–water partition coefficient (Wildman–Crippen LogP) is 3.38. The Morgan fingerprint density at radius 2 is 1.82 bits per heavy atom. The van der Waals surface area contributed by atoms with E-state index in [1.165, 1.54) is 0 Å². The molecule has 0 aliphatic carbocycles.